The molecule has 0 radical (unpaired) electrons. The van der Waals surface area contributed by atoms with Crippen molar-refractivity contribution in [1.82, 2.24) is 4.98 Å². The molecule has 90 valence electrons. The molecule has 0 aliphatic carbocycles. The zero-order chi connectivity index (χ0) is 12.4. The first kappa shape index (κ1) is 11.3. The number of amides is 1. The lowest BCUT2D eigenvalue weighted by atomic mass is 10.1. The van der Waals surface area contributed by atoms with Crippen molar-refractivity contribution in [2.24, 2.45) is 0 Å². The Morgan fingerprint density at radius 1 is 1.47 bits per heavy atom. The Hall–Kier alpha value is -2.15. The molecule has 1 aliphatic heterocycles. The highest BCUT2D eigenvalue weighted by Gasteiger charge is 2.22. The van der Waals surface area contributed by atoms with E-state index in [0.717, 1.165) is 18.2 Å². The summed E-state index contributed by atoms with van der Waals surface area (Å²) in [6.45, 7) is 0.689. The predicted molar refractivity (Wildman–Crippen MR) is 57.8 cm³/mol. The number of nitrogens with one attached hydrogen (secondary N) is 1. The van der Waals surface area contributed by atoms with Crippen LogP contribution in [0.2, 0.25) is 0 Å². The first-order valence-electron chi connectivity index (χ1n) is 4.86. The molecular weight excluding hydrogens is 226 g/mol. The standard InChI is InChI=1S/C10H11N3O4/c1-16-10(15)9(14)13-7-2-12-8(11)6-4-17-3-5(6)7/h2H,3-4H2,1H3,(H2,11,12)(H,13,14). The van der Waals surface area contributed by atoms with Crippen molar-refractivity contribution in [3.05, 3.63) is 17.3 Å². The van der Waals surface area contributed by atoms with Crippen molar-refractivity contribution < 1.29 is 19.1 Å². The molecule has 0 atom stereocenters. The molecule has 17 heavy (non-hydrogen) atoms. The van der Waals surface area contributed by atoms with E-state index >= 15 is 0 Å². The van der Waals surface area contributed by atoms with Gasteiger partial charge in [0.2, 0.25) is 0 Å². The smallest absolute Gasteiger partial charge is 0.396 e. The second kappa shape index (κ2) is 4.38. The lowest BCUT2D eigenvalue weighted by Crippen LogP contribution is -2.24. The Balaban J connectivity index is 2.26. The number of nitrogens with two attached hydrogens (primary N) is 1. The summed E-state index contributed by atoms with van der Waals surface area (Å²) in [6, 6.07) is 0. The van der Waals surface area contributed by atoms with E-state index in [1.165, 1.54) is 6.20 Å². The Morgan fingerprint density at radius 3 is 2.88 bits per heavy atom. The van der Waals surface area contributed by atoms with Gasteiger partial charge in [0.05, 0.1) is 32.2 Å². The van der Waals surface area contributed by atoms with Gasteiger partial charge in [0.15, 0.2) is 0 Å². The van der Waals surface area contributed by atoms with Crippen molar-refractivity contribution in [2.75, 3.05) is 18.2 Å². The Kier molecular flexibility index (Phi) is 2.92. The molecule has 0 fully saturated rings. The number of hydrogen-bond acceptors (Lipinski definition) is 6. The highest BCUT2D eigenvalue weighted by molar-refractivity contribution is 6.37. The molecule has 7 nitrogen and oxygen atoms in total. The van der Waals surface area contributed by atoms with Gasteiger partial charge in [-0.1, -0.05) is 0 Å². The Bertz CT molecular complexity index is 487. The molecule has 1 aliphatic rings. The molecular formula is C10H11N3O4. The summed E-state index contributed by atoms with van der Waals surface area (Å²) >= 11 is 0. The van der Waals surface area contributed by atoms with Crippen LogP contribution in [0.4, 0.5) is 11.5 Å². The quantitative estimate of drug-likeness (QED) is 0.518. The molecule has 1 aromatic heterocycles. The molecule has 3 N–H and O–H groups in total. The molecule has 2 rings (SSSR count). The van der Waals surface area contributed by atoms with Gasteiger partial charge >= 0.3 is 11.9 Å². The number of carbonyl (C=O) groups excluding carboxylic acids is 2. The van der Waals surface area contributed by atoms with Crippen LogP contribution in [-0.4, -0.2) is 24.0 Å². The second-order valence-electron chi connectivity index (χ2n) is 3.45. The third kappa shape index (κ3) is 2.04. The van der Waals surface area contributed by atoms with Crippen molar-refractivity contribution in [2.45, 2.75) is 13.2 Å². The van der Waals surface area contributed by atoms with Gasteiger partial charge < -0.3 is 20.5 Å². The van der Waals surface area contributed by atoms with Crippen molar-refractivity contribution in [1.29, 1.82) is 0 Å². The largest absolute Gasteiger partial charge is 0.462 e. The van der Waals surface area contributed by atoms with Crippen LogP contribution >= 0.6 is 0 Å². The second-order valence-corrected chi connectivity index (χ2v) is 3.45. The molecule has 1 amide bonds. The van der Waals surface area contributed by atoms with Crippen LogP contribution in [-0.2, 0) is 32.3 Å². The Morgan fingerprint density at radius 2 is 2.18 bits per heavy atom. The lowest BCUT2D eigenvalue weighted by Gasteiger charge is -2.08. The van der Waals surface area contributed by atoms with E-state index in [0.29, 0.717) is 24.7 Å². The number of rotatable bonds is 1. The monoisotopic (exact) mass is 237 g/mol. The fourth-order valence-corrected chi connectivity index (χ4v) is 1.56. The first-order chi connectivity index (χ1) is 8.13. The number of nitrogens with zero attached hydrogens (tertiary/aromatic N) is 1. The minimum atomic E-state index is -0.963. The molecule has 1 aromatic rings. The summed E-state index contributed by atoms with van der Waals surface area (Å²) in [5, 5.41) is 2.41. The van der Waals surface area contributed by atoms with Crippen LogP contribution in [0.3, 0.4) is 0 Å². The number of hydrogen-bond donors (Lipinski definition) is 2. The van der Waals surface area contributed by atoms with Gasteiger partial charge in [-0.3, -0.25) is 4.79 Å². The number of ether oxygens (including phenoxy) is 2. The fraction of sp³-hybridized carbons (Fsp3) is 0.300. The summed E-state index contributed by atoms with van der Waals surface area (Å²) in [5.41, 5.74) is 7.57. The average Bonchev–Trinajstić information content (AvgIpc) is 2.81. The maximum absolute atomic E-state index is 11.3. The number of pyridine rings is 1. The number of anilines is 2. The molecule has 0 saturated carbocycles. The highest BCUT2D eigenvalue weighted by atomic mass is 16.5. The number of nitrogen functional groups attached to an aromatic ring is 1. The third-order valence-electron chi connectivity index (χ3n) is 2.44. The van der Waals surface area contributed by atoms with E-state index in [9.17, 15) is 9.59 Å². The molecule has 0 bridgehead atoms. The summed E-state index contributed by atoms with van der Waals surface area (Å²) in [4.78, 5) is 26.2. The zero-order valence-corrected chi connectivity index (χ0v) is 9.15. The highest BCUT2D eigenvalue weighted by Crippen LogP contribution is 2.29. The topological polar surface area (TPSA) is 104 Å². The van der Waals surface area contributed by atoms with E-state index in [1.807, 2.05) is 0 Å². The molecule has 0 saturated heterocycles. The van der Waals surface area contributed by atoms with Gasteiger partial charge in [0, 0.05) is 11.1 Å². The van der Waals surface area contributed by atoms with Crippen LogP contribution in [0, 0.1) is 0 Å². The van der Waals surface area contributed by atoms with E-state index in [4.69, 9.17) is 10.5 Å². The van der Waals surface area contributed by atoms with Gasteiger partial charge in [-0.25, -0.2) is 9.78 Å². The molecule has 2 heterocycles. The van der Waals surface area contributed by atoms with E-state index in [2.05, 4.69) is 15.0 Å². The predicted octanol–water partition coefficient (Wildman–Crippen LogP) is -0.195. The molecule has 7 heteroatoms. The minimum Gasteiger partial charge on any atom is -0.462 e. The van der Waals surface area contributed by atoms with Crippen LogP contribution in [0.5, 0.6) is 0 Å². The maximum atomic E-state index is 11.3. The van der Waals surface area contributed by atoms with Crippen molar-refractivity contribution in [3.8, 4) is 0 Å². The van der Waals surface area contributed by atoms with E-state index in [1.54, 1.807) is 0 Å². The summed E-state index contributed by atoms with van der Waals surface area (Å²) in [7, 11) is 1.14. The summed E-state index contributed by atoms with van der Waals surface area (Å²) < 4.78 is 9.52. The van der Waals surface area contributed by atoms with E-state index in [-0.39, 0.29) is 0 Å². The number of fused-ring (bicyclic) bond motifs is 1. The molecule has 0 spiro atoms. The minimum absolute atomic E-state index is 0.332. The van der Waals surface area contributed by atoms with Crippen LogP contribution < -0.4 is 11.1 Å². The fourth-order valence-electron chi connectivity index (χ4n) is 1.56. The molecule has 0 aromatic carbocycles. The van der Waals surface area contributed by atoms with Crippen LogP contribution in [0.1, 0.15) is 11.1 Å². The van der Waals surface area contributed by atoms with Gasteiger partial charge in [0.1, 0.15) is 5.82 Å². The number of carbonyl (C=O) groups is 2. The third-order valence-corrected chi connectivity index (χ3v) is 2.44. The van der Waals surface area contributed by atoms with Crippen LogP contribution in [0.25, 0.3) is 0 Å². The summed E-state index contributed by atoms with van der Waals surface area (Å²) in [5.74, 6) is -1.45. The number of aromatic nitrogens is 1. The maximum Gasteiger partial charge on any atom is 0.396 e. The SMILES string of the molecule is COC(=O)C(=O)Nc1cnc(N)c2c1COC2. The number of methoxy groups -OCH3 is 1. The van der Waals surface area contributed by atoms with Gasteiger partial charge in [-0.15, -0.1) is 0 Å². The lowest BCUT2D eigenvalue weighted by molar-refractivity contribution is -0.150. The Labute approximate surface area is 96.9 Å². The molecule has 0 unspecified atom stereocenters. The van der Waals surface area contributed by atoms with Crippen molar-refractivity contribution >= 4 is 23.4 Å². The van der Waals surface area contributed by atoms with Crippen molar-refractivity contribution in [3.63, 3.8) is 0 Å². The van der Waals surface area contributed by atoms with Gasteiger partial charge in [-0.2, -0.15) is 0 Å². The first-order valence-corrected chi connectivity index (χ1v) is 4.86. The normalized spacial score (nSPS) is 13.0. The number of esters is 1. The average molecular weight is 237 g/mol. The van der Waals surface area contributed by atoms with Gasteiger partial charge in [-0.05, 0) is 0 Å². The summed E-state index contributed by atoms with van der Waals surface area (Å²) in [6.07, 6.45) is 1.39. The van der Waals surface area contributed by atoms with Crippen LogP contribution in [0.15, 0.2) is 6.20 Å². The van der Waals surface area contributed by atoms with E-state index < -0.39 is 11.9 Å². The van der Waals surface area contributed by atoms with Gasteiger partial charge in [0.25, 0.3) is 0 Å². The zero-order valence-electron chi connectivity index (χ0n) is 9.15.